The van der Waals surface area contributed by atoms with Crippen molar-refractivity contribution in [3.05, 3.63) is 126 Å². The summed E-state index contributed by atoms with van der Waals surface area (Å²) in [4.78, 5) is 9.14. The second kappa shape index (κ2) is 17.4. The number of piperidine rings is 1. The molecule has 1 unspecified atom stereocenters. The highest BCUT2D eigenvalue weighted by Gasteiger charge is 2.55. The Morgan fingerprint density at radius 2 is 1.50 bits per heavy atom. The van der Waals surface area contributed by atoms with Crippen molar-refractivity contribution in [3.63, 3.8) is 0 Å². The van der Waals surface area contributed by atoms with Crippen molar-refractivity contribution in [3.8, 4) is 0 Å². The molecule has 2 saturated heterocycles. The monoisotopic (exact) mass is 573 g/mol. The lowest BCUT2D eigenvalue weighted by Crippen LogP contribution is -2.58. The van der Waals surface area contributed by atoms with Gasteiger partial charge < -0.3 is 9.80 Å². The first kappa shape index (κ1) is 34.8. The van der Waals surface area contributed by atoms with E-state index in [1.54, 1.807) is 19.1 Å². The van der Waals surface area contributed by atoms with Gasteiger partial charge in [0.15, 0.2) is 11.6 Å². The molecule has 3 aromatic rings. The normalized spacial score (nSPS) is 16.4. The van der Waals surface area contributed by atoms with Crippen LogP contribution in [0.15, 0.2) is 91.9 Å². The van der Waals surface area contributed by atoms with Gasteiger partial charge in [-0.1, -0.05) is 76.7 Å². The van der Waals surface area contributed by atoms with E-state index in [1.807, 2.05) is 46.2 Å². The molecule has 3 heterocycles. The van der Waals surface area contributed by atoms with Crippen molar-refractivity contribution in [1.29, 1.82) is 0 Å². The van der Waals surface area contributed by atoms with Gasteiger partial charge in [-0.05, 0) is 67.9 Å². The van der Waals surface area contributed by atoms with Crippen LogP contribution in [0.1, 0.15) is 57.8 Å². The number of aryl methyl sites for hydroxylation is 1. The molecule has 2 aromatic carbocycles. The number of hydrogen-bond acceptors (Lipinski definition) is 3. The fraction of sp³-hybridized carbons (Fsp3) is 0.364. The summed E-state index contributed by atoms with van der Waals surface area (Å²) in [5.41, 5.74) is 3.38. The van der Waals surface area contributed by atoms with Crippen LogP contribution in [0.4, 0.5) is 13.2 Å². The number of aromatic nitrogens is 1. The largest absolute Gasteiger partial charge is 0.378 e. The van der Waals surface area contributed by atoms with Crippen LogP contribution in [0.25, 0.3) is 0 Å². The van der Waals surface area contributed by atoms with Crippen molar-refractivity contribution in [2.24, 2.45) is 5.41 Å². The van der Waals surface area contributed by atoms with Gasteiger partial charge in [0.1, 0.15) is 5.82 Å². The topological polar surface area (TPSA) is 19.4 Å². The fourth-order valence-electron chi connectivity index (χ4n) is 4.70. The molecule has 1 spiro atoms. The molecule has 0 amide bonds. The standard InChI is InChI=1S/C16H21N3.C7H6F2.C6H4ClF.2C2H6/c1-4-19-11-8-16(9-12-19)13(2)18(3)15(16)14-7-5-6-10-17-14;1-5-2-3-6(8)7(9)4-5;7-5-3-1-2-4-6(5)8;2*1-2/h4-7,10,15H,1-2,8-9,11-12H2,3H3;2-4H,1H3;1-4H;2*1-2H3. The molecule has 1 aromatic heterocycles. The minimum atomic E-state index is -0.791. The van der Waals surface area contributed by atoms with E-state index in [2.05, 4.69) is 47.1 Å². The van der Waals surface area contributed by atoms with E-state index in [9.17, 15) is 13.2 Å². The number of benzene rings is 2. The van der Waals surface area contributed by atoms with Crippen LogP contribution in [-0.4, -0.2) is 34.9 Å². The Balaban J connectivity index is 0.000000319. The molecule has 0 aliphatic carbocycles. The molecule has 7 heteroatoms. The molecule has 2 aliphatic rings. The molecule has 0 bridgehead atoms. The number of nitrogens with zero attached hydrogens (tertiary/aromatic N) is 3. The van der Waals surface area contributed by atoms with Crippen LogP contribution in [0.3, 0.4) is 0 Å². The summed E-state index contributed by atoms with van der Waals surface area (Å²) in [6.45, 7) is 20.0. The van der Waals surface area contributed by atoms with Crippen LogP contribution in [0, 0.1) is 29.8 Å². The van der Waals surface area contributed by atoms with Crippen molar-refractivity contribution in [1.82, 2.24) is 14.8 Å². The highest BCUT2D eigenvalue weighted by atomic mass is 35.5. The predicted molar refractivity (Wildman–Crippen MR) is 163 cm³/mol. The molecular formula is C33H43ClF3N3. The SMILES string of the molecule is C=CN1CCC2(CC1)C(=C)N(C)C2c1ccccn1.CC.CC.Cc1ccc(F)c(F)c1.Fc1ccccc1Cl. The Morgan fingerprint density at radius 3 is 1.95 bits per heavy atom. The van der Waals surface area contributed by atoms with Crippen molar-refractivity contribution in [2.45, 2.75) is 53.5 Å². The van der Waals surface area contributed by atoms with Gasteiger partial charge in [-0.25, -0.2) is 13.2 Å². The van der Waals surface area contributed by atoms with E-state index in [1.165, 1.54) is 29.6 Å². The van der Waals surface area contributed by atoms with Crippen molar-refractivity contribution < 1.29 is 13.2 Å². The van der Waals surface area contributed by atoms with Crippen LogP contribution in [0.2, 0.25) is 5.02 Å². The maximum absolute atomic E-state index is 12.2. The van der Waals surface area contributed by atoms with Crippen LogP contribution >= 0.6 is 11.6 Å². The first-order chi connectivity index (χ1) is 19.2. The third-order valence-electron chi connectivity index (χ3n) is 6.73. The van der Waals surface area contributed by atoms with Gasteiger partial charge in [0.2, 0.25) is 0 Å². The summed E-state index contributed by atoms with van der Waals surface area (Å²) >= 11 is 5.33. The molecule has 5 rings (SSSR count). The average molecular weight is 574 g/mol. The van der Waals surface area contributed by atoms with Gasteiger partial charge in [0.25, 0.3) is 0 Å². The van der Waals surface area contributed by atoms with Gasteiger partial charge >= 0.3 is 0 Å². The molecule has 218 valence electrons. The molecule has 2 aliphatic heterocycles. The predicted octanol–water partition coefficient (Wildman–Crippen LogP) is 9.61. The summed E-state index contributed by atoms with van der Waals surface area (Å²) in [6, 6.07) is 16.5. The van der Waals surface area contributed by atoms with E-state index in [-0.39, 0.29) is 16.3 Å². The molecule has 2 fully saturated rings. The summed E-state index contributed by atoms with van der Waals surface area (Å²) in [7, 11) is 2.13. The van der Waals surface area contributed by atoms with E-state index >= 15 is 0 Å². The highest BCUT2D eigenvalue weighted by molar-refractivity contribution is 6.30. The van der Waals surface area contributed by atoms with E-state index in [4.69, 9.17) is 11.6 Å². The van der Waals surface area contributed by atoms with E-state index < -0.39 is 11.6 Å². The molecular weight excluding hydrogens is 531 g/mol. The van der Waals surface area contributed by atoms with Crippen LogP contribution < -0.4 is 0 Å². The minimum absolute atomic E-state index is 0.174. The molecule has 1 atom stereocenters. The molecule has 0 saturated carbocycles. The smallest absolute Gasteiger partial charge is 0.159 e. The second-order valence-electron chi connectivity index (χ2n) is 8.92. The van der Waals surface area contributed by atoms with E-state index in [0.717, 1.165) is 43.6 Å². The van der Waals surface area contributed by atoms with Crippen molar-refractivity contribution >= 4 is 11.6 Å². The molecule has 40 heavy (non-hydrogen) atoms. The number of hydrogen-bond donors (Lipinski definition) is 0. The summed E-state index contributed by atoms with van der Waals surface area (Å²) in [6.07, 6.45) is 6.12. The Bertz CT molecular complexity index is 1160. The van der Waals surface area contributed by atoms with Gasteiger partial charge in [0, 0.05) is 37.4 Å². The maximum atomic E-state index is 12.2. The number of pyridine rings is 1. The quantitative estimate of drug-likeness (QED) is 0.304. The third-order valence-corrected chi connectivity index (χ3v) is 7.03. The van der Waals surface area contributed by atoms with Crippen molar-refractivity contribution in [2.75, 3.05) is 20.1 Å². The van der Waals surface area contributed by atoms with Gasteiger partial charge in [0.05, 0.1) is 16.8 Å². The fourth-order valence-corrected chi connectivity index (χ4v) is 4.83. The lowest BCUT2D eigenvalue weighted by Gasteiger charge is -2.61. The zero-order valence-electron chi connectivity index (χ0n) is 24.6. The van der Waals surface area contributed by atoms with Gasteiger partial charge in [-0.3, -0.25) is 4.98 Å². The summed E-state index contributed by atoms with van der Waals surface area (Å²) < 4.78 is 36.5. The Labute approximate surface area is 244 Å². The van der Waals surface area contributed by atoms with Crippen LogP contribution in [0.5, 0.6) is 0 Å². The Kier molecular flexibility index (Phi) is 15.2. The number of rotatable bonds is 2. The molecule has 0 radical (unpaired) electrons. The third kappa shape index (κ3) is 8.88. The van der Waals surface area contributed by atoms with Gasteiger partial charge in [-0.15, -0.1) is 0 Å². The average Bonchev–Trinajstić information content (AvgIpc) is 3.00. The first-order valence-electron chi connectivity index (χ1n) is 13.7. The summed E-state index contributed by atoms with van der Waals surface area (Å²) in [5, 5.41) is 0.174. The minimum Gasteiger partial charge on any atom is -0.378 e. The number of likely N-dealkylation sites (tertiary alicyclic amines) is 2. The molecule has 3 nitrogen and oxygen atoms in total. The van der Waals surface area contributed by atoms with Gasteiger partial charge in [-0.2, -0.15) is 0 Å². The number of halogens is 4. The zero-order chi connectivity index (χ0) is 30.3. The first-order valence-corrected chi connectivity index (χ1v) is 14.1. The Hall–Kier alpha value is -3.25. The summed E-state index contributed by atoms with van der Waals surface area (Å²) in [5.74, 6) is -1.94. The maximum Gasteiger partial charge on any atom is 0.159 e. The lowest BCUT2D eigenvalue weighted by molar-refractivity contribution is -0.0356. The second-order valence-corrected chi connectivity index (χ2v) is 9.33. The molecule has 0 N–H and O–H groups in total. The van der Waals surface area contributed by atoms with E-state index in [0.29, 0.717) is 6.04 Å². The zero-order valence-corrected chi connectivity index (χ0v) is 25.4. The Morgan fingerprint density at radius 1 is 0.900 bits per heavy atom. The highest BCUT2D eigenvalue weighted by Crippen LogP contribution is 2.60. The lowest BCUT2D eigenvalue weighted by atomic mass is 9.62. The van der Waals surface area contributed by atoms with Crippen LogP contribution in [-0.2, 0) is 0 Å².